The molecule has 190 valence electrons. The number of aliphatic hydroxyl groups is 1. The number of aryl methyl sites for hydroxylation is 2. The molecule has 6 rings (SSSR count). The van der Waals surface area contributed by atoms with Crippen molar-refractivity contribution in [2.75, 3.05) is 11.5 Å². The van der Waals surface area contributed by atoms with Crippen LogP contribution in [-0.2, 0) is 9.59 Å². The van der Waals surface area contributed by atoms with E-state index in [4.69, 9.17) is 4.74 Å². The number of ether oxygens (including phenoxy) is 1. The molecule has 1 unspecified atom stereocenters. The number of hydrogen-bond donors (Lipinski definition) is 1. The number of Topliss-reactive ketones (excluding diaryl/α,β-unsaturated/α-hetero) is 1. The summed E-state index contributed by atoms with van der Waals surface area (Å²) in [5, 5.41) is 11.9. The Bertz CT molecular complexity index is 1770. The fourth-order valence-electron chi connectivity index (χ4n) is 4.81. The van der Waals surface area contributed by atoms with E-state index in [1.807, 2.05) is 61.7 Å². The number of fused-ring (bicyclic) bond motifs is 2. The van der Waals surface area contributed by atoms with Gasteiger partial charge in [0, 0.05) is 18.6 Å². The second-order valence-corrected chi connectivity index (χ2v) is 9.95. The van der Waals surface area contributed by atoms with Gasteiger partial charge in [0.2, 0.25) is 0 Å². The van der Waals surface area contributed by atoms with E-state index in [1.54, 1.807) is 24.5 Å². The summed E-state index contributed by atoms with van der Waals surface area (Å²) in [5.41, 5.74) is 3.67. The number of imidazole rings is 1. The van der Waals surface area contributed by atoms with Crippen LogP contribution in [0.2, 0.25) is 0 Å². The minimum Gasteiger partial charge on any atom is -0.505 e. The van der Waals surface area contributed by atoms with Crippen molar-refractivity contribution in [1.82, 2.24) is 19.4 Å². The Morgan fingerprint density at radius 2 is 1.97 bits per heavy atom. The van der Waals surface area contributed by atoms with E-state index in [0.717, 1.165) is 10.3 Å². The molecule has 0 bridgehead atoms. The maximum Gasteiger partial charge on any atom is 0.301 e. The van der Waals surface area contributed by atoms with Gasteiger partial charge >= 0.3 is 5.91 Å². The minimum atomic E-state index is -0.930. The average Bonchev–Trinajstić information content (AvgIpc) is 3.57. The van der Waals surface area contributed by atoms with Crippen LogP contribution < -0.4 is 9.64 Å². The number of ketones is 1. The number of hydrogen-bond acceptors (Lipinski definition) is 8. The SMILES string of the molecule is CCOc1ccc2nc(N3C(=O)C(=O)/C(=C(/O)c4nc5c(C)cccn5c4C)C3c3cccnc3)sc2c1. The van der Waals surface area contributed by atoms with Crippen molar-refractivity contribution in [2.45, 2.75) is 26.8 Å². The number of carbonyl (C=O) groups excluding carboxylic acids is 2. The smallest absolute Gasteiger partial charge is 0.301 e. The zero-order valence-electron chi connectivity index (χ0n) is 20.9. The molecular formula is C28H23N5O4S. The zero-order valence-corrected chi connectivity index (χ0v) is 21.7. The highest BCUT2D eigenvalue weighted by Crippen LogP contribution is 2.44. The quantitative estimate of drug-likeness (QED) is 0.196. The van der Waals surface area contributed by atoms with Crippen LogP contribution in [-0.4, -0.2) is 42.8 Å². The molecule has 4 aromatic heterocycles. The number of anilines is 1. The molecule has 5 heterocycles. The lowest BCUT2D eigenvalue weighted by atomic mass is 9.97. The summed E-state index contributed by atoms with van der Waals surface area (Å²) in [5.74, 6) is -1.22. The lowest BCUT2D eigenvalue weighted by Crippen LogP contribution is -2.29. The first-order valence-electron chi connectivity index (χ1n) is 12.1. The summed E-state index contributed by atoms with van der Waals surface area (Å²) < 4.78 is 8.27. The van der Waals surface area contributed by atoms with Gasteiger partial charge in [-0.15, -0.1) is 0 Å². The van der Waals surface area contributed by atoms with Crippen LogP contribution in [0.4, 0.5) is 5.13 Å². The Labute approximate surface area is 221 Å². The van der Waals surface area contributed by atoms with E-state index in [0.29, 0.717) is 39.9 Å². The zero-order chi connectivity index (χ0) is 26.6. The number of aliphatic hydroxyl groups excluding tert-OH is 1. The molecular weight excluding hydrogens is 502 g/mol. The average molecular weight is 526 g/mol. The van der Waals surface area contributed by atoms with Gasteiger partial charge in [-0.2, -0.15) is 0 Å². The van der Waals surface area contributed by atoms with E-state index >= 15 is 0 Å². The molecule has 0 radical (unpaired) electrons. The van der Waals surface area contributed by atoms with Crippen LogP contribution in [0.3, 0.4) is 0 Å². The van der Waals surface area contributed by atoms with Gasteiger partial charge in [0.15, 0.2) is 10.9 Å². The highest BCUT2D eigenvalue weighted by atomic mass is 32.1. The van der Waals surface area contributed by atoms with Gasteiger partial charge in [-0.25, -0.2) is 9.97 Å². The summed E-state index contributed by atoms with van der Waals surface area (Å²) in [7, 11) is 0. The van der Waals surface area contributed by atoms with Crippen LogP contribution in [0, 0.1) is 13.8 Å². The Kier molecular flexibility index (Phi) is 5.68. The van der Waals surface area contributed by atoms with Gasteiger partial charge in [0.05, 0.1) is 34.1 Å². The van der Waals surface area contributed by atoms with Crippen LogP contribution in [0.1, 0.15) is 35.5 Å². The fraction of sp³-hybridized carbons (Fsp3) is 0.179. The van der Waals surface area contributed by atoms with E-state index in [-0.39, 0.29) is 17.0 Å². The largest absolute Gasteiger partial charge is 0.505 e. The molecule has 1 aliphatic rings. The first kappa shape index (κ1) is 23.8. The van der Waals surface area contributed by atoms with Crippen molar-refractivity contribution >= 4 is 49.8 Å². The van der Waals surface area contributed by atoms with Crippen molar-refractivity contribution in [3.63, 3.8) is 0 Å². The Balaban J connectivity index is 1.55. The number of rotatable bonds is 5. The predicted molar refractivity (Wildman–Crippen MR) is 144 cm³/mol. The van der Waals surface area contributed by atoms with Crippen LogP contribution in [0.25, 0.3) is 21.6 Å². The van der Waals surface area contributed by atoms with Crippen molar-refractivity contribution in [2.24, 2.45) is 0 Å². The van der Waals surface area contributed by atoms with Crippen LogP contribution in [0.15, 0.2) is 66.6 Å². The van der Waals surface area contributed by atoms with Gasteiger partial charge in [-0.1, -0.05) is 23.5 Å². The van der Waals surface area contributed by atoms with E-state index < -0.39 is 17.7 Å². The summed E-state index contributed by atoms with van der Waals surface area (Å²) >= 11 is 1.27. The minimum absolute atomic E-state index is 0.0542. The van der Waals surface area contributed by atoms with E-state index in [1.165, 1.54) is 16.2 Å². The molecule has 0 spiro atoms. The summed E-state index contributed by atoms with van der Waals surface area (Å²) in [4.78, 5) is 41.9. The molecule has 1 saturated heterocycles. The number of benzene rings is 1. The van der Waals surface area contributed by atoms with Gasteiger partial charge < -0.3 is 14.2 Å². The van der Waals surface area contributed by atoms with Gasteiger partial charge in [-0.05, 0) is 62.2 Å². The number of aromatic nitrogens is 4. The second kappa shape index (κ2) is 9.07. The van der Waals surface area contributed by atoms with Crippen molar-refractivity contribution < 1.29 is 19.4 Å². The number of carbonyl (C=O) groups is 2. The first-order valence-corrected chi connectivity index (χ1v) is 12.9. The molecule has 1 amide bonds. The van der Waals surface area contributed by atoms with Crippen LogP contribution >= 0.6 is 11.3 Å². The summed E-state index contributed by atoms with van der Waals surface area (Å²) in [6, 6.07) is 11.9. The molecule has 1 aromatic carbocycles. The molecule has 10 heteroatoms. The normalized spacial score (nSPS) is 17.1. The highest BCUT2D eigenvalue weighted by molar-refractivity contribution is 7.22. The third-order valence-electron chi connectivity index (χ3n) is 6.62. The maximum atomic E-state index is 13.5. The molecule has 9 nitrogen and oxygen atoms in total. The Morgan fingerprint density at radius 1 is 1.13 bits per heavy atom. The number of pyridine rings is 2. The summed E-state index contributed by atoms with van der Waals surface area (Å²) in [6.45, 7) is 6.16. The van der Waals surface area contributed by atoms with Crippen LogP contribution in [0.5, 0.6) is 5.75 Å². The molecule has 38 heavy (non-hydrogen) atoms. The number of amides is 1. The van der Waals surface area contributed by atoms with Crippen molar-refractivity contribution in [3.05, 3.63) is 89.1 Å². The van der Waals surface area contributed by atoms with E-state index in [9.17, 15) is 14.7 Å². The predicted octanol–water partition coefficient (Wildman–Crippen LogP) is 4.98. The highest BCUT2D eigenvalue weighted by Gasteiger charge is 2.48. The number of nitrogens with zero attached hydrogens (tertiary/aromatic N) is 5. The second-order valence-electron chi connectivity index (χ2n) is 8.95. The third-order valence-corrected chi connectivity index (χ3v) is 7.64. The first-order chi connectivity index (χ1) is 18.4. The molecule has 5 aromatic rings. The molecule has 1 aliphatic heterocycles. The lowest BCUT2D eigenvalue weighted by molar-refractivity contribution is -0.132. The standard InChI is InChI=1S/C28H23N5O4S/c1-4-37-18-9-10-19-20(13-18)38-28(30-19)33-23(17-8-5-11-29-14-17)21(25(35)27(33)36)24(34)22-16(3)32-12-6-7-15(2)26(32)31-22/h5-14,23,34H,4H2,1-3H3/b24-21+. The molecule has 0 saturated carbocycles. The third kappa shape index (κ3) is 3.64. The van der Waals surface area contributed by atoms with Gasteiger partial charge in [0.1, 0.15) is 17.1 Å². The monoisotopic (exact) mass is 525 g/mol. The topological polar surface area (TPSA) is 110 Å². The molecule has 1 fully saturated rings. The molecule has 0 aliphatic carbocycles. The molecule has 1 atom stereocenters. The Hall–Kier alpha value is -4.57. The van der Waals surface area contributed by atoms with E-state index in [2.05, 4.69) is 15.0 Å². The lowest BCUT2D eigenvalue weighted by Gasteiger charge is -2.22. The summed E-state index contributed by atoms with van der Waals surface area (Å²) in [6.07, 6.45) is 5.03. The maximum absolute atomic E-state index is 13.5. The molecule has 1 N–H and O–H groups in total. The number of thiazole rings is 1. The van der Waals surface area contributed by atoms with Crippen molar-refractivity contribution in [1.29, 1.82) is 0 Å². The van der Waals surface area contributed by atoms with Crippen molar-refractivity contribution in [3.8, 4) is 5.75 Å². The Morgan fingerprint density at radius 3 is 2.71 bits per heavy atom. The van der Waals surface area contributed by atoms with Gasteiger partial charge in [-0.3, -0.25) is 19.5 Å². The van der Waals surface area contributed by atoms with Gasteiger partial charge in [0.25, 0.3) is 5.78 Å². The fourth-order valence-corrected chi connectivity index (χ4v) is 5.83.